The Morgan fingerprint density at radius 2 is 1.81 bits per heavy atom. The van der Waals surface area contributed by atoms with E-state index < -0.39 is 5.60 Å². The summed E-state index contributed by atoms with van der Waals surface area (Å²) in [5, 5.41) is 5.59. The Bertz CT molecular complexity index is 753. The Morgan fingerprint density at radius 3 is 2.56 bits per heavy atom. The average molecular weight is 369 g/mol. The highest BCUT2D eigenvalue weighted by atomic mass is 16.6. The minimum Gasteiger partial charge on any atom is -0.444 e. The molecule has 0 spiro atoms. The van der Waals surface area contributed by atoms with Crippen LogP contribution in [0.5, 0.6) is 0 Å². The van der Waals surface area contributed by atoms with Crippen molar-refractivity contribution in [3.05, 3.63) is 48.0 Å². The Kier molecular flexibility index (Phi) is 6.38. The number of likely N-dealkylation sites (tertiary alicyclic amines) is 1. The molecule has 3 rings (SSSR count). The van der Waals surface area contributed by atoms with Gasteiger partial charge in [0.2, 0.25) is 0 Å². The molecule has 1 aliphatic rings. The molecule has 1 aliphatic heterocycles. The van der Waals surface area contributed by atoms with E-state index in [0.717, 1.165) is 26.1 Å². The highest BCUT2D eigenvalue weighted by Crippen LogP contribution is 2.33. The van der Waals surface area contributed by atoms with Crippen molar-refractivity contribution in [1.29, 1.82) is 0 Å². The molecule has 1 saturated heterocycles. The van der Waals surface area contributed by atoms with Crippen molar-refractivity contribution in [2.24, 2.45) is 0 Å². The first-order valence-electron chi connectivity index (χ1n) is 10.1. The van der Waals surface area contributed by atoms with E-state index in [2.05, 4.69) is 52.7 Å². The minimum absolute atomic E-state index is 0.322. The van der Waals surface area contributed by atoms with Crippen LogP contribution in [0.3, 0.4) is 0 Å². The number of piperidine rings is 1. The van der Waals surface area contributed by atoms with Crippen LogP contribution >= 0.6 is 0 Å². The van der Waals surface area contributed by atoms with Crippen molar-refractivity contribution in [2.45, 2.75) is 51.6 Å². The average Bonchev–Trinajstić information content (AvgIpc) is 2.64. The molecule has 2 aromatic rings. The summed E-state index contributed by atoms with van der Waals surface area (Å²) in [4.78, 5) is 14.2. The number of benzene rings is 2. The van der Waals surface area contributed by atoms with Gasteiger partial charge in [-0.3, -0.25) is 0 Å². The summed E-state index contributed by atoms with van der Waals surface area (Å²) in [6, 6.07) is 15.4. The van der Waals surface area contributed by atoms with E-state index >= 15 is 0 Å². The van der Waals surface area contributed by atoms with Crippen LogP contribution in [0.4, 0.5) is 4.79 Å². The highest BCUT2D eigenvalue weighted by molar-refractivity contribution is 5.86. The smallest absolute Gasteiger partial charge is 0.407 e. The lowest BCUT2D eigenvalue weighted by Gasteiger charge is -2.32. The van der Waals surface area contributed by atoms with Gasteiger partial charge in [-0.05, 0) is 81.9 Å². The maximum Gasteiger partial charge on any atom is 0.407 e. The zero-order chi connectivity index (χ0) is 19.3. The number of nitrogens with one attached hydrogen (secondary N) is 1. The number of ether oxygens (including phenoxy) is 1. The van der Waals surface area contributed by atoms with Crippen molar-refractivity contribution in [3.8, 4) is 0 Å². The SMILES string of the molecule is CC(C)(C)OC(=O)NCCCN1CCC(c2cccc3ccccc23)CC1. The molecular weight excluding hydrogens is 336 g/mol. The summed E-state index contributed by atoms with van der Waals surface area (Å²) in [5.41, 5.74) is 1.06. The van der Waals surface area contributed by atoms with E-state index in [-0.39, 0.29) is 6.09 Å². The molecule has 1 N–H and O–H groups in total. The third-order valence-electron chi connectivity index (χ3n) is 5.17. The fourth-order valence-electron chi connectivity index (χ4n) is 3.88. The fraction of sp³-hybridized carbons (Fsp3) is 0.522. The van der Waals surface area contributed by atoms with Gasteiger partial charge in [0.25, 0.3) is 0 Å². The molecule has 146 valence electrons. The first kappa shape index (κ1) is 19.7. The molecule has 0 bridgehead atoms. The molecule has 1 heterocycles. The summed E-state index contributed by atoms with van der Waals surface area (Å²) in [6.07, 6.45) is 3.04. The van der Waals surface area contributed by atoms with Crippen LogP contribution in [-0.2, 0) is 4.74 Å². The van der Waals surface area contributed by atoms with Gasteiger partial charge in [0, 0.05) is 6.54 Å². The Labute approximate surface area is 162 Å². The number of alkyl carbamates (subject to hydrolysis) is 1. The van der Waals surface area contributed by atoms with Gasteiger partial charge in [0.15, 0.2) is 0 Å². The molecule has 0 atom stereocenters. The zero-order valence-corrected chi connectivity index (χ0v) is 16.8. The zero-order valence-electron chi connectivity index (χ0n) is 16.8. The van der Waals surface area contributed by atoms with E-state index in [9.17, 15) is 4.79 Å². The molecule has 4 nitrogen and oxygen atoms in total. The Morgan fingerprint density at radius 1 is 1.11 bits per heavy atom. The quantitative estimate of drug-likeness (QED) is 0.761. The molecular formula is C23H32N2O2. The number of carbonyl (C=O) groups excluding carboxylic acids is 1. The monoisotopic (exact) mass is 368 g/mol. The van der Waals surface area contributed by atoms with Gasteiger partial charge < -0.3 is 15.0 Å². The largest absolute Gasteiger partial charge is 0.444 e. The van der Waals surface area contributed by atoms with Crippen molar-refractivity contribution in [1.82, 2.24) is 10.2 Å². The molecule has 27 heavy (non-hydrogen) atoms. The van der Waals surface area contributed by atoms with Crippen molar-refractivity contribution >= 4 is 16.9 Å². The summed E-state index contributed by atoms with van der Waals surface area (Å²) in [6.45, 7) is 9.59. The van der Waals surface area contributed by atoms with Gasteiger partial charge in [-0.2, -0.15) is 0 Å². The molecule has 1 amide bonds. The second-order valence-corrected chi connectivity index (χ2v) is 8.47. The number of carbonyl (C=O) groups is 1. The molecule has 1 fully saturated rings. The lowest BCUT2D eigenvalue weighted by molar-refractivity contribution is 0.0525. The molecule has 0 aromatic heterocycles. The van der Waals surface area contributed by atoms with E-state index in [1.54, 1.807) is 0 Å². The normalized spacial score (nSPS) is 16.4. The summed E-state index contributed by atoms with van der Waals surface area (Å²) in [7, 11) is 0. The predicted octanol–water partition coefficient (Wildman–Crippen LogP) is 4.93. The maximum absolute atomic E-state index is 11.7. The van der Waals surface area contributed by atoms with E-state index in [4.69, 9.17) is 4.74 Å². The topological polar surface area (TPSA) is 41.6 Å². The first-order valence-corrected chi connectivity index (χ1v) is 10.1. The van der Waals surface area contributed by atoms with Crippen molar-refractivity contribution in [2.75, 3.05) is 26.2 Å². The molecule has 0 saturated carbocycles. The minimum atomic E-state index is -0.437. The third-order valence-corrected chi connectivity index (χ3v) is 5.17. The number of hydrogen-bond acceptors (Lipinski definition) is 3. The molecule has 2 aromatic carbocycles. The van der Waals surface area contributed by atoms with Crippen molar-refractivity contribution < 1.29 is 9.53 Å². The van der Waals surface area contributed by atoms with Gasteiger partial charge in [0.05, 0.1) is 0 Å². The van der Waals surface area contributed by atoms with Crippen LogP contribution in [0.25, 0.3) is 10.8 Å². The molecule has 4 heteroatoms. The first-order chi connectivity index (χ1) is 12.9. The van der Waals surface area contributed by atoms with Gasteiger partial charge in [-0.1, -0.05) is 42.5 Å². The highest BCUT2D eigenvalue weighted by Gasteiger charge is 2.21. The molecule has 0 aliphatic carbocycles. The lowest BCUT2D eigenvalue weighted by atomic mass is 9.86. The van der Waals surface area contributed by atoms with Gasteiger partial charge >= 0.3 is 6.09 Å². The van der Waals surface area contributed by atoms with Crippen LogP contribution in [0.1, 0.15) is 51.5 Å². The number of amides is 1. The maximum atomic E-state index is 11.7. The van der Waals surface area contributed by atoms with Gasteiger partial charge in [-0.25, -0.2) is 4.79 Å². The van der Waals surface area contributed by atoms with Crippen molar-refractivity contribution in [3.63, 3.8) is 0 Å². The standard InChI is InChI=1S/C23H32N2O2/c1-23(2,3)27-22(26)24-14-7-15-25-16-12-19(13-17-25)21-11-6-9-18-8-4-5-10-20(18)21/h4-6,8-11,19H,7,12-17H2,1-3H3,(H,24,26). The molecule has 0 radical (unpaired) electrons. The number of rotatable bonds is 5. The van der Waals surface area contributed by atoms with Gasteiger partial charge in [0.1, 0.15) is 5.60 Å². The lowest BCUT2D eigenvalue weighted by Crippen LogP contribution is -2.37. The number of hydrogen-bond donors (Lipinski definition) is 1. The van der Waals surface area contributed by atoms with Crippen LogP contribution in [0, 0.1) is 0 Å². The Balaban J connectivity index is 1.42. The fourth-order valence-corrected chi connectivity index (χ4v) is 3.88. The van der Waals surface area contributed by atoms with Crippen LogP contribution in [-0.4, -0.2) is 42.8 Å². The van der Waals surface area contributed by atoms with Gasteiger partial charge in [-0.15, -0.1) is 0 Å². The van der Waals surface area contributed by atoms with E-state index in [1.165, 1.54) is 29.2 Å². The third kappa shape index (κ3) is 5.70. The number of fused-ring (bicyclic) bond motifs is 1. The van der Waals surface area contributed by atoms with Crippen LogP contribution < -0.4 is 5.32 Å². The second-order valence-electron chi connectivity index (χ2n) is 8.47. The van der Waals surface area contributed by atoms with Crippen LogP contribution in [0.2, 0.25) is 0 Å². The van der Waals surface area contributed by atoms with Crippen LogP contribution in [0.15, 0.2) is 42.5 Å². The second kappa shape index (κ2) is 8.75. The Hall–Kier alpha value is -2.07. The van der Waals surface area contributed by atoms with E-state index in [1.807, 2.05) is 20.8 Å². The number of nitrogens with zero attached hydrogens (tertiary/aromatic N) is 1. The predicted molar refractivity (Wildman–Crippen MR) is 111 cm³/mol. The van der Waals surface area contributed by atoms with E-state index in [0.29, 0.717) is 12.5 Å². The summed E-state index contributed by atoms with van der Waals surface area (Å²) >= 11 is 0. The summed E-state index contributed by atoms with van der Waals surface area (Å²) < 4.78 is 5.26. The summed E-state index contributed by atoms with van der Waals surface area (Å²) in [5.74, 6) is 0.646. The molecule has 0 unspecified atom stereocenters.